The third-order valence-electron chi connectivity index (χ3n) is 5.46. The Hall–Kier alpha value is -2.89. The largest absolute Gasteiger partial charge is 0.376 e. The van der Waals surface area contributed by atoms with Crippen molar-refractivity contribution < 1.29 is 14.0 Å². The zero-order valence-electron chi connectivity index (χ0n) is 16.7. The molecule has 3 N–H and O–H groups in total. The summed E-state index contributed by atoms with van der Waals surface area (Å²) < 4.78 is 13.6. The Balaban J connectivity index is 1.45. The van der Waals surface area contributed by atoms with Gasteiger partial charge in [-0.2, -0.15) is 0 Å². The summed E-state index contributed by atoms with van der Waals surface area (Å²) in [6.07, 6.45) is 4.62. The van der Waals surface area contributed by atoms with Gasteiger partial charge in [0, 0.05) is 29.4 Å². The number of hydrogen-bond donors (Lipinski definition) is 3. The highest BCUT2D eigenvalue weighted by molar-refractivity contribution is 5.94. The van der Waals surface area contributed by atoms with Crippen LogP contribution in [0.4, 0.5) is 10.1 Å². The van der Waals surface area contributed by atoms with E-state index < -0.39 is 0 Å². The fourth-order valence-corrected chi connectivity index (χ4v) is 3.63. The molecule has 3 rings (SSSR count). The van der Waals surface area contributed by atoms with Crippen LogP contribution in [-0.4, -0.2) is 24.4 Å². The van der Waals surface area contributed by atoms with Crippen molar-refractivity contribution in [2.75, 3.05) is 11.9 Å². The SMILES string of the molecule is CC1CCCCC1NC(=O)CNc1ccc(C(=O)NCc2ccccc2F)cc1. The zero-order chi connectivity index (χ0) is 20.6. The maximum absolute atomic E-state index is 13.6. The van der Waals surface area contributed by atoms with Gasteiger partial charge < -0.3 is 16.0 Å². The number of anilines is 1. The highest BCUT2D eigenvalue weighted by atomic mass is 19.1. The molecule has 2 aromatic rings. The van der Waals surface area contributed by atoms with Crippen LogP contribution in [0.15, 0.2) is 48.5 Å². The van der Waals surface area contributed by atoms with Crippen molar-refractivity contribution in [1.29, 1.82) is 0 Å². The Bertz CT molecular complexity index is 838. The van der Waals surface area contributed by atoms with Crippen LogP contribution in [0.1, 0.15) is 48.5 Å². The average Bonchev–Trinajstić information content (AvgIpc) is 2.73. The summed E-state index contributed by atoms with van der Waals surface area (Å²) in [6, 6.07) is 13.5. The summed E-state index contributed by atoms with van der Waals surface area (Å²) in [5.74, 6) is -0.109. The number of hydrogen-bond acceptors (Lipinski definition) is 3. The molecule has 2 atom stereocenters. The van der Waals surface area contributed by atoms with Crippen LogP contribution in [0.5, 0.6) is 0 Å². The molecule has 0 spiro atoms. The molecule has 5 nitrogen and oxygen atoms in total. The molecular weight excluding hydrogens is 369 g/mol. The van der Waals surface area contributed by atoms with E-state index in [0.29, 0.717) is 17.0 Å². The van der Waals surface area contributed by atoms with Gasteiger partial charge >= 0.3 is 0 Å². The van der Waals surface area contributed by atoms with Crippen molar-refractivity contribution in [3.8, 4) is 0 Å². The Labute approximate surface area is 171 Å². The van der Waals surface area contributed by atoms with Gasteiger partial charge in [-0.25, -0.2) is 4.39 Å². The lowest BCUT2D eigenvalue weighted by molar-refractivity contribution is -0.120. The van der Waals surface area contributed by atoms with E-state index >= 15 is 0 Å². The first-order valence-corrected chi connectivity index (χ1v) is 10.2. The second-order valence-corrected chi connectivity index (χ2v) is 7.64. The molecule has 6 heteroatoms. The van der Waals surface area contributed by atoms with E-state index in [9.17, 15) is 14.0 Å². The van der Waals surface area contributed by atoms with Crippen LogP contribution in [0, 0.1) is 11.7 Å². The molecule has 0 heterocycles. The predicted octanol–water partition coefficient (Wildman–Crippen LogP) is 3.86. The van der Waals surface area contributed by atoms with Crippen molar-refractivity contribution in [1.82, 2.24) is 10.6 Å². The summed E-state index contributed by atoms with van der Waals surface area (Å²) in [5, 5.41) is 8.91. The summed E-state index contributed by atoms with van der Waals surface area (Å²) in [6.45, 7) is 2.51. The Kier molecular flexibility index (Phi) is 7.22. The normalized spacial score (nSPS) is 18.7. The Morgan fingerprint density at radius 3 is 2.48 bits per heavy atom. The lowest BCUT2D eigenvalue weighted by Crippen LogP contribution is -2.43. The molecule has 0 aromatic heterocycles. The first kappa shape index (κ1) is 20.8. The quantitative estimate of drug-likeness (QED) is 0.664. The van der Waals surface area contributed by atoms with Gasteiger partial charge in [0.2, 0.25) is 5.91 Å². The van der Waals surface area contributed by atoms with E-state index in [1.165, 1.54) is 25.3 Å². The van der Waals surface area contributed by atoms with Crippen molar-refractivity contribution in [2.45, 2.75) is 45.2 Å². The number of carbonyl (C=O) groups excluding carboxylic acids is 2. The average molecular weight is 397 g/mol. The number of amides is 2. The van der Waals surface area contributed by atoms with Gasteiger partial charge in [-0.05, 0) is 49.1 Å². The summed E-state index contributed by atoms with van der Waals surface area (Å²) in [5.41, 5.74) is 1.69. The van der Waals surface area contributed by atoms with Gasteiger partial charge in [-0.15, -0.1) is 0 Å². The van der Waals surface area contributed by atoms with Crippen molar-refractivity contribution in [2.24, 2.45) is 5.92 Å². The van der Waals surface area contributed by atoms with E-state index in [0.717, 1.165) is 12.1 Å². The molecule has 0 aliphatic heterocycles. The molecule has 154 valence electrons. The molecule has 0 bridgehead atoms. The minimum atomic E-state index is -0.340. The number of halogens is 1. The van der Waals surface area contributed by atoms with Gasteiger partial charge in [-0.1, -0.05) is 38.0 Å². The highest BCUT2D eigenvalue weighted by Crippen LogP contribution is 2.23. The van der Waals surface area contributed by atoms with Crippen LogP contribution in [0.25, 0.3) is 0 Å². The molecule has 2 unspecified atom stereocenters. The number of rotatable bonds is 7. The summed E-state index contributed by atoms with van der Waals surface area (Å²) in [4.78, 5) is 24.4. The van der Waals surface area contributed by atoms with Crippen LogP contribution < -0.4 is 16.0 Å². The zero-order valence-corrected chi connectivity index (χ0v) is 16.7. The molecular formula is C23H28FN3O2. The molecule has 0 radical (unpaired) electrons. The van der Waals surface area contributed by atoms with E-state index in [1.807, 2.05) is 0 Å². The van der Waals surface area contributed by atoms with Gasteiger partial charge in [0.1, 0.15) is 5.82 Å². The van der Waals surface area contributed by atoms with Crippen LogP contribution in [0.2, 0.25) is 0 Å². The van der Waals surface area contributed by atoms with Gasteiger partial charge in [0.05, 0.1) is 6.54 Å². The van der Waals surface area contributed by atoms with E-state index in [-0.39, 0.29) is 36.8 Å². The van der Waals surface area contributed by atoms with Crippen LogP contribution in [0.3, 0.4) is 0 Å². The van der Waals surface area contributed by atoms with Crippen LogP contribution in [-0.2, 0) is 11.3 Å². The maximum Gasteiger partial charge on any atom is 0.251 e. The van der Waals surface area contributed by atoms with Crippen molar-refractivity contribution >= 4 is 17.5 Å². The standard InChI is InChI=1S/C23H28FN3O2/c1-16-6-2-5-9-21(16)27-22(28)15-25-19-12-10-17(11-13-19)23(29)26-14-18-7-3-4-8-20(18)24/h3-4,7-8,10-13,16,21,25H,2,5-6,9,14-15H2,1H3,(H,26,29)(H,27,28). The van der Waals surface area contributed by atoms with E-state index in [2.05, 4.69) is 22.9 Å². The van der Waals surface area contributed by atoms with Gasteiger partial charge in [0.25, 0.3) is 5.91 Å². The fourth-order valence-electron chi connectivity index (χ4n) is 3.63. The highest BCUT2D eigenvalue weighted by Gasteiger charge is 2.22. The van der Waals surface area contributed by atoms with Crippen LogP contribution >= 0.6 is 0 Å². The second kappa shape index (κ2) is 10.0. The molecule has 1 aliphatic carbocycles. The first-order chi connectivity index (χ1) is 14.0. The topological polar surface area (TPSA) is 70.2 Å². The number of benzene rings is 2. The third-order valence-corrected chi connectivity index (χ3v) is 5.46. The molecule has 1 aliphatic rings. The van der Waals surface area contributed by atoms with Gasteiger partial charge in [0.15, 0.2) is 0 Å². The number of nitrogens with one attached hydrogen (secondary N) is 3. The molecule has 0 saturated heterocycles. The van der Waals surface area contributed by atoms with E-state index in [1.54, 1.807) is 42.5 Å². The molecule has 29 heavy (non-hydrogen) atoms. The molecule has 1 saturated carbocycles. The molecule has 2 aromatic carbocycles. The lowest BCUT2D eigenvalue weighted by Gasteiger charge is -2.29. The monoisotopic (exact) mass is 397 g/mol. The maximum atomic E-state index is 13.6. The summed E-state index contributed by atoms with van der Waals surface area (Å²) >= 11 is 0. The molecule has 1 fully saturated rings. The van der Waals surface area contributed by atoms with Gasteiger partial charge in [-0.3, -0.25) is 9.59 Å². The van der Waals surface area contributed by atoms with Crippen molar-refractivity contribution in [3.63, 3.8) is 0 Å². The second-order valence-electron chi connectivity index (χ2n) is 7.64. The van der Waals surface area contributed by atoms with E-state index in [4.69, 9.17) is 0 Å². The predicted molar refractivity (Wildman–Crippen MR) is 112 cm³/mol. The van der Waals surface area contributed by atoms with Crippen molar-refractivity contribution in [3.05, 3.63) is 65.5 Å². The smallest absolute Gasteiger partial charge is 0.251 e. The minimum absolute atomic E-state index is 0.0181. The Morgan fingerprint density at radius 1 is 1.03 bits per heavy atom. The number of carbonyl (C=O) groups is 2. The third kappa shape index (κ3) is 6.04. The summed E-state index contributed by atoms with van der Waals surface area (Å²) in [7, 11) is 0. The minimum Gasteiger partial charge on any atom is -0.376 e. The Morgan fingerprint density at radius 2 is 1.76 bits per heavy atom. The lowest BCUT2D eigenvalue weighted by atomic mass is 9.86. The fraction of sp³-hybridized carbons (Fsp3) is 0.391. The first-order valence-electron chi connectivity index (χ1n) is 10.2. The molecule has 2 amide bonds.